The average molecular weight is 540 g/mol. The van der Waals surface area contributed by atoms with Crippen molar-refractivity contribution < 1.29 is 24.2 Å². The van der Waals surface area contributed by atoms with Crippen molar-refractivity contribution in [1.82, 2.24) is 15.5 Å². The molecule has 39 heavy (non-hydrogen) atoms. The van der Waals surface area contributed by atoms with Crippen LogP contribution in [0.1, 0.15) is 83.7 Å². The molecule has 8 nitrogen and oxygen atoms in total. The molecule has 0 heterocycles. The lowest BCUT2D eigenvalue weighted by atomic mass is 9.93. The topological polar surface area (TPSA) is 108 Å². The number of phenols is 1. The maximum atomic E-state index is 14.4. The van der Waals surface area contributed by atoms with Crippen LogP contribution >= 0.6 is 0 Å². The van der Waals surface area contributed by atoms with Gasteiger partial charge in [-0.1, -0.05) is 35.9 Å². The lowest BCUT2D eigenvalue weighted by Gasteiger charge is -2.39. The number of nitrogens with one attached hydrogen (secondary N) is 2. The van der Waals surface area contributed by atoms with Crippen molar-refractivity contribution in [2.24, 2.45) is 0 Å². The van der Waals surface area contributed by atoms with Crippen LogP contribution in [-0.4, -0.2) is 51.1 Å². The third kappa shape index (κ3) is 9.61. The number of rotatable bonds is 8. The van der Waals surface area contributed by atoms with E-state index in [-0.39, 0.29) is 24.1 Å². The highest BCUT2D eigenvalue weighted by Crippen LogP contribution is 2.29. The maximum absolute atomic E-state index is 14.4. The number of alkyl carbamates (subject to hydrolysis) is 1. The first-order chi connectivity index (χ1) is 17.9. The molecule has 0 aromatic heterocycles. The second-order valence-electron chi connectivity index (χ2n) is 12.4. The summed E-state index contributed by atoms with van der Waals surface area (Å²) in [5.74, 6) is -0.628. The zero-order valence-electron chi connectivity index (χ0n) is 25.0. The Morgan fingerprint density at radius 1 is 0.949 bits per heavy atom. The van der Waals surface area contributed by atoms with Crippen molar-refractivity contribution in [3.05, 3.63) is 64.7 Å². The smallest absolute Gasteiger partial charge is 0.408 e. The van der Waals surface area contributed by atoms with E-state index >= 15 is 0 Å². The normalized spacial score (nSPS) is 13.4. The Balaban J connectivity index is 2.62. The number of hydrogen-bond donors (Lipinski definition) is 3. The number of nitrogens with zero attached hydrogens (tertiary/aromatic N) is 1. The van der Waals surface area contributed by atoms with Gasteiger partial charge in [0.1, 0.15) is 23.4 Å². The highest BCUT2D eigenvalue weighted by molar-refractivity contribution is 5.93. The van der Waals surface area contributed by atoms with Crippen LogP contribution in [0.15, 0.2) is 42.5 Å². The number of aryl methyl sites for hydroxylation is 2. The Kier molecular flexibility index (Phi) is 10.2. The molecule has 0 aliphatic heterocycles. The zero-order valence-corrected chi connectivity index (χ0v) is 25.0. The standard InChI is InChI=1S/C31H45N3O5/c1-19(2)34(26(27(36)33-30(5,6)7)24-17-20(3)11-12-21(24)4)28(37)25(32-29(38)39-31(8,9)10)18-22-13-15-23(35)16-14-22/h11-17,19,25-26,35H,18H2,1-10H3,(H,32,38)(H,33,36). The summed E-state index contributed by atoms with van der Waals surface area (Å²) in [4.78, 5) is 42.6. The number of hydrogen-bond acceptors (Lipinski definition) is 5. The molecule has 8 heteroatoms. The first-order valence-electron chi connectivity index (χ1n) is 13.4. The van der Waals surface area contributed by atoms with Gasteiger partial charge < -0.3 is 25.4 Å². The second kappa shape index (κ2) is 12.5. The molecule has 3 amide bonds. The molecule has 0 bridgehead atoms. The fraction of sp³-hybridized carbons (Fsp3) is 0.516. The maximum Gasteiger partial charge on any atom is 0.408 e. The highest BCUT2D eigenvalue weighted by Gasteiger charge is 2.39. The Labute approximate surface area is 233 Å². The Bertz CT molecular complexity index is 1160. The summed E-state index contributed by atoms with van der Waals surface area (Å²) in [6, 6.07) is 9.95. The molecule has 2 rings (SSSR count). The van der Waals surface area contributed by atoms with Crippen LogP contribution in [0.4, 0.5) is 4.79 Å². The summed E-state index contributed by atoms with van der Waals surface area (Å²) in [6.07, 6.45) is -0.590. The van der Waals surface area contributed by atoms with E-state index in [0.717, 1.165) is 22.3 Å². The quantitative estimate of drug-likeness (QED) is 0.420. The van der Waals surface area contributed by atoms with Crippen LogP contribution in [0.3, 0.4) is 0 Å². The van der Waals surface area contributed by atoms with Gasteiger partial charge in [-0.3, -0.25) is 9.59 Å². The molecule has 3 N–H and O–H groups in total. The molecular formula is C31H45N3O5. The van der Waals surface area contributed by atoms with E-state index in [1.807, 2.05) is 66.7 Å². The molecule has 2 aromatic carbocycles. The third-order valence-electron chi connectivity index (χ3n) is 5.93. The van der Waals surface area contributed by atoms with Gasteiger partial charge in [-0.2, -0.15) is 0 Å². The number of carbonyl (C=O) groups is 3. The van der Waals surface area contributed by atoms with Crippen molar-refractivity contribution in [2.75, 3.05) is 0 Å². The summed E-state index contributed by atoms with van der Waals surface area (Å²) in [7, 11) is 0. The Morgan fingerprint density at radius 3 is 2.05 bits per heavy atom. The summed E-state index contributed by atoms with van der Waals surface area (Å²) < 4.78 is 5.47. The lowest BCUT2D eigenvalue weighted by Crippen LogP contribution is -2.57. The van der Waals surface area contributed by atoms with Crippen LogP contribution in [-0.2, 0) is 20.7 Å². The number of carbonyl (C=O) groups excluding carboxylic acids is 3. The zero-order chi connectivity index (χ0) is 29.7. The van der Waals surface area contributed by atoms with Gasteiger partial charge in [0.2, 0.25) is 11.8 Å². The molecule has 0 aliphatic rings. The molecule has 2 aromatic rings. The van der Waals surface area contributed by atoms with Gasteiger partial charge in [0, 0.05) is 18.0 Å². The largest absolute Gasteiger partial charge is 0.508 e. The predicted molar refractivity (Wildman–Crippen MR) is 154 cm³/mol. The van der Waals surface area contributed by atoms with Gasteiger partial charge >= 0.3 is 6.09 Å². The number of aromatic hydroxyl groups is 1. The van der Waals surface area contributed by atoms with E-state index in [9.17, 15) is 19.5 Å². The van der Waals surface area contributed by atoms with E-state index in [0.29, 0.717) is 0 Å². The molecule has 0 saturated carbocycles. The summed E-state index contributed by atoms with van der Waals surface area (Å²) in [5, 5.41) is 15.5. The second-order valence-corrected chi connectivity index (χ2v) is 12.4. The Hall–Kier alpha value is -3.55. The fourth-order valence-electron chi connectivity index (χ4n) is 4.29. The number of phenolic OH excluding ortho intramolecular Hbond substituents is 1. The van der Waals surface area contributed by atoms with Crippen LogP contribution in [0.2, 0.25) is 0 Å². The number of benzene rings is 2. The van der Waals surface area contributed by atoms with E-state index < -0.39 is 35.2 Å². The van der Waals surface area contributed by atoms with Crippen molar-refractivity contribution in [1.29, 1.82) is 0 Å². The van der Waals surface area contributed by atoms with E-state index in [4.69, 9.17) is 4.74 Å². The van der Waals surface area contributed by atoms with Crippen LogP contribution in [0.5, 0.6) is 5.75 Å². The molecule has 2 unspecified atom stereocenters. The molecule has 0 saturated heterocycles. The van der Waals surface area contributed by atoms with Crippen molar-refractivity contribution >= 4 is 17.9 Å². The van der Waals surface area contributed by atoms with Crippen LogP contribution in [0, 0.1) is 13.8 Å². The SMILES string of the molecule is Cc1ccc(C)c(C(C(=O)NC(C)(C)C)N(C(=O)C(Cc2ccc(O)cc2)NC(=O)OC(C)(C)C)C(C)C)c1. The summed E-state index contributed by atoms with van der Waals surface area (Å²) in [6.45, 7) is 18.5. The minimum atomic E-state index is -1.03. The average Bonchev–Trinajstić information content (AvgIpc) is 2.77. The van der Waals surface area contributed by atoms with E-state index in [1.165, 1.54) is 12.1 Å². The number of ether oxygens (including phenoxy) is 1. The van der Waals surface area contributed by atoms with Crippen LogP contribution in [0.25, 0.3) is 0 Å². The molecule has 0 spiro atoms. The minimum Gasteiger partial charge on any atom is -0.508 e. The van der Waals surface area contributed by atoms with Crippen molar-refractivity contribution in [2.45, 2.75) is 105 Å². The van der Waals surface area contributed by atoms with Gasteiger partial charge in [0.25, 0.3) is 0 Å². The number of amides is 3. The predicted octanol–water partition coefficient (Wildman–Crippen LogP) is 5.34. The molecule has 0 radical (unpaired) electrons. The molecular weight excluding hydrogens is 494 g/mol. The molecule has 214 valence electrons. The van der Waals surface area contributed by atoms with Gasteiger partial charge in [-0.15, -0.1) is 0 Å². The molecule has 0 aliphatic carbocycles. The lowest BCUT2D eigenvalue weighted by molar-refractivity contribution is -0.145. The first kappa shape index (κ1) is 31.7. The third-order valence-corrected chi connectivity index (χ3v) is 5.93. The van der Waals surface area contributed by atoms with E-state index in [2.05, 4.69) is 10.6 Å². The van der Waals surface area contributed by atoms with Crippen molar-refractivity contribution in [3.63, 3.8) is 0 Å². The first-order valence-corrected chi connectivity index (χ1v) is 13.4. The summed E-state index contributed by atoms with van der Waals surface area (Å²) >= 11 is 0. The minimum absolute atomic E-state index is 0.0966. The monoisotopic (exact) mass is 539 g/mol. The van der Waals surface area contributed by atoms with Crippen molar-refractivity contribution in [3.8, 4) is 5.75 Å². The van der Waals surface area contributed by atoms with Gasteiger partial charge in [-0.05, 0) is 98.1 Å². The fourth-order valence-corrected chi connectivity index (χ4v) is 4.29. The Morgan fingerprint density at radius 2 is 1.54 bits per heavy atom. The summed E-state index contributed by atoms with van der Waals surface area (Å²) in [5.41, 5.74) is 2.00. The molecule has 2 atom stereocenters. The van der Waals surface area contributed by atoms with Gasteiger partial charge in [-0.25, -0.2) is 4.79 Å². The molecule has 0 fully saturated rings. The van der Waals surface area contributed by atoms with Gasteiger partial charge in [0.15, 0.2) is 0 Å². The highest BCUT2D eigenvalue weighted by atomic mass is 16.6. The van der Waals surface area contributed by atoms with Gasteiger partial charge in [0.05, 0.1) is 0 Å². The van der Waals surface area contributed by atoms with Crippen LogP contribution < -0.4 is 10.6 Å². The van der Waals surface area contributed by atoms with E-state index in [1.54, 1.807) is 37.8 Å².